The molecule has 0 spiro atoms. The summed E-state index contributed by atoms with van der Waals surface area (Å²) in [5.74, 6) is -1.14. The lowest BCUT2D eigenvalue weighted by molar-refractivity contribution is 0.102. The van der Waals surface area contributed by atoms with Gasteiger partial charge in [-0.2, -0.15) is 0 Å². The lowest BCUT2D eigenvalue weighted by Gasteiger charge is -2.10. The Hall–Kier alpha value is -3.00. The summed E-state index contributed by atoms with van der Waals surface area (Å²) in [7, 11) is 1.57. The molecule has 0 amide bonds. The van der Waals surface area contributed by atoms with Gasteiger partial charge in [-0.25, -0.2) is 8.78 Å². The molecule has 0 bridgehead atoms. The number of para-hydroxylation sites is 1. The van der Waals surface area contributed by atoms with Gasteiger partial charge in [-0.1, -0.05) is 30.0 Å². The number of carbonyl (C=O) groups is 1. The molecule has 0 radical (unpaired) electrons. The predicted octanol–water partition coefficient (Wildman–Crippen LogP) is 4.39. The maximum Gasteiger partial charge on any atom is 0.192 e. The largest absolute Gasteiger partial charge is 0.496 e. The van der Waals surface area contributed by atoms with Crippen LogP contribution in [0.1, 0.15) is 10.4 Å². The van der Waals surface area contributed by atoms with E-state index in [0.717, 1.165) is 29.5 Å². The highest BCUT2D eigenvalue weighted by atomic mass is 32.2. The van der Waals surface area contributed by atoms with Crippen molar-refractivity contribution in [1.82, 2.24) is 14.8 Å². The Morgan fingerprint density at radius 1 is 1.21 bits per heavy atom. The highest BCUT2D eigenvalue weighted by Crippen LogP contribution is 2.31. The second kappa shape index (κ2) is 8.79. The predicted molar refractivity (Wildman–Crippen MR) is 104 cm³/mol. The Morgan fingerprint density at radius 2 is 2.00 bits per heavy atom. The Kier molecular flexibility index (Phi) is 6.20. The molecule has 0 saturated heterocycles. The van der Waals surface area contributed by atoms with Crippen LogP contribution in [0.25, 0.3) is 11.4 Å². The second-order valence-corrected chi connectivity index (χ2v) is 6.69. The number of methoxy groups -OCH3 is 1. The van der Waals surface area contributed by atoms with Gasteiger partial charge in [-0.05, 0) is 30.3 Å². The molecule has 5 nitrogen and oxygen atoms in total. The molecule has 8 heteroatoms. The zero-order valence-corrected chi connectivity index (χ0v) is 15.9. The van der Waals surface area contributed by atoms with Crippen molar-refractivity contribution in [1.29, 1.82) is 0 Å². The molecule has 2 aromatic carbocycles. The van der Waals surface area contributed by atoms with Crippen molar-refractivity contribution in [2.45, 2.75) is 11.7 Å². The van der Waals surface area contributed by atoms with E-state index in [2.05, 4.69) is 16.8 Å². The molecule has 0 atom stereocenters. The third kappa shape index (κ3) is 4.12. The first kappa shape index (κ1) is 19.8. The van der Waals surface area contributed by atoms with Gasteiger partial charge in [0.25, 0.3) is 0 Å². The number of carbonyl (C=O) groups excluding carboxylic acids is 1. The standard InChI is InChI=1S/C20H17F2N3O2S/c1-3-10-25-19(14-6-4-5-7-18(14)27-2)23-24-20(25)28-12-17(26)13-8-9-15(21)16(22)11-13/h3-9,11H,1,10,12H2,2H3. The highest BCUT2D eigenvalue weighted by molar-refractivity contribution is 7.99. The topological polar surface area (TPSA) is 57.0 Å². The van der Waals surface area contributed by atoms with E-state index in [1.54, 1.807) is 13.2 Å². The summed E-state index contributed by atoms with van der Waals surface area (Å²) in [5, 5.41) is 8.91. The number of nitrogens with zero attached hydrogens (tertiary/aromatic N) is 3. The van der Waals surface area contributed by atoms with Crippen molar-refractivity contribution >= 4 is 17.5 Å². The Morgan fingerprint density at radius 3 is 2.71 bits per heavy atom. The van der Waals surface area contributed by atoms with Crippen molar-refractivity contribution in [2.75, 3.05) is 12.9 Å². The number of ether oxygens (including phenoxy) is 1. The summed E-state index contributed by atoms with van der Waals surface area (Å²) in [5.41, 5.74) is 0.865. The van der Waals surface area contributed by atoms with Crippen molar-refractivity contribution in [2.24, 2.45) is 0 Å². The monoisotopic (exact) mass is 401 g/mol. The number of halogens is 2. The zero-order valence-electron chi connectivity index (χ0n) is 15.1. The number of rotatable bonds is 8. The number of aromatic nitrogens is 3. The summed E-state index contributed by atoms with van der Waals surface area (Å²) >= 11 is 1.16. The molecule has 0 aliphatic heterocycles. The molecule has 1 heterocycles. The second-order valence-electron chi connectivity index (χ2n) is 5.75. The summed E-state index contributed by atoms with van der Waals surface area (Å²) in [6.07, 6.45) is 1.70. The van der Waals surface area contributed by atoms with Gasteiger partial charge in [0, 0.05) is 12.1 Å². The van der Waals surface area contributed by atoms with Gasteiger partial charge in [-0.3, -0.25) is 9.36 Å². The minimum atomic E-state index is -1.05. The average molecular weight is 401 g/mol. The maximum absolute atomic E-state index is 13.3. The molecule has 0 aliphatic rings. The molecule has 3 aromatic rings. The summed E-state index contributed by atoms with van der Waals surface area (Å²) < 4.78 is 33.6. The number of hydrogen-bond acceptors (Lipinski definition) is 5. The Bertz CT molecular complexity index is 1020. The van der Waals surface area contributed by atoms with Crippen LogP contribution in [-0.2, 0) is 6.54 Å². The summed E-state index contributed by atoms with van der Waals surface area (Å²) in [6, 6.07) is 10.5. The first-order valence-corrected chi connectivity index (χ1v) is 9.32. The third-order valence-electron chi connectivity index (χ3n) is 3.95. The first-order chi connectivity index (χ1) is 13.5. The molecule has 3 rings (SSSR count). The molecule has 0 N–H and O–H groups in total. The minimum Gasteiger partial charge on any atom is -0.496 e. The third-order valence-corrected chi connectivity index (χ3v) is 4.92. The van der Waals surface area contributed by atoms with Crippen LogP contribution >= 0.6 is 11.8 Å². The SMILES string of the molecule is C=CCn1c(SCC(=O)c2ccc(F)c(F)c2)nnc1-c1ccccc1OC. The van der Waals surface area contributed by atoms with E-state index in [-0.39, 0.29) is 17.1 Å². The molecule has 0 aliphatic carbocycles. The Balaban J connectivity index is 1.84. The van der Waals surface area contributed by atoms with Crippen LogP contribution in [0, 0.1) is 11.6 Å². The fourth-order valence-corrected chi connectivity index (χ4v) is 3.44. The van der Waals surface area contributed by atoms with Gasteiger partial charge in [0.05, 0.1) is 18.4 Å². The number of thioether (sulfide) groups is 1. The molecule has 0 fully saturated rings. The number of ketones is 1. The maximum atomic E-state index is 13.3. The van der Waals surface area contributed by atoms with Crippen LogP contribution in [0.5, 0.6) is 5.75 Å². The van der Waals surface area contributed by atoms with E-state index in [9.17, 15) is 13.6 Å². The van der Waals surface area contributed by atoms with Crippen LogP contribution in [0.4, 0.5) is 8.78 Å². The van der Waals surface area contributed by atoms with Gasteiger partial charge in [0.1, 0.15) is 5.75 Å². The lowest BCUT2D eigenvalue weighted by Crippen LogP contribution is -2.06. The van der Waals surface area contributed by atoms with E-state index in [1.807, 2.05) is 28.8 Å². The van der Waals surface area contributed by atoms with E-state index in [0.29, 0.717) is 23.3 Å². The van der Waals surface area contributed by atoms with E-state index in [1.165, 1.54) is 6.07 Å². The number of Topliss-reactive ketones (excluding diaryl/α,β-unsaturated/α-hetero) is 1. The Labute approximate surface area is 165 Å². The number of hydrogen-bond donors (Lipinski definition) is 0. The van der Waals surface area contributed by atoms with Gasteiger partial charge in [0.15, 0.2) is 28.4 Å². The van der Waals surface area contributed by atoms with Crippen molar-refractivity contribution in [3.8, 4) is 17.1 Å². The molecular formula is C20H17F2N3O2S. The van der Waals surface area contributed by atoms with Crippen molar-refractivity contribution in [3.63, 3.8) is 0 Å². The molecule has 28 heavy (non-hydrogen) atoms. The number of allylic oxidation sites excluding steroid dienone is 1. The molecule has 0 saturated carbocycles. The zero-order chi connectivity index (χ0) is 20.1. The van der Waals surface area contributed by atoms with E-state index < -0.39 is 11.6 Å². The number of benzene rings is 2. The van der Waals surface area contributed by atoms with Crippen molar-refractivity contribution < 1.29 is 18.3 Å². The highest BCUT2D eigenvalue weighted by Gasteiger charge is 2.18. The smallest absolute Gasteiger partial charge is 0.192 e. The fraction of sp³-hybridized carbons (Fsp3) is 0.150. The van der Waals surface area contributed by atoms with Crippen LogP contribution in [0.3, 0.4) is 0 Å². The van der Waals surface area contributed by atoms with Crippen LogP contribution < -0.4 is 4.74 Å². The van der Waals surface area contributed by atoms with E-state index >= 15 is 0 Å². The molecule has 0 unspecified atom stereocenters. The molecular weight excluding hydrogens is 384 g/mol. The van der Waals surface area contributed by atoms with Gasteiger partial charge < -0.3 is 4.74 Å². The molecule has 144 valence electrons. The average Bonchev–Trinajstić information content (AvgIpc) is 3.11. The van der Waals surface area contributed by atoms with Gasteiger partial charge in [0.2, 0.25) is 0 Å². The fourth-order valence-electron chi connectivity index (χ4n) is 2.60. The first-order valence-electron chi connectivity index (χ1n) is 8.33. The summed E-state index contributed by atoms with van der Waals surface area (Å²) in [6.45, 7) is 4.19. The van der Waals surface area contributed by atoms with E-state index in [4.69, 9.17) is 4.74 Å². The quantitative estimate of drug-likeness (QED) is 0.318. The van der Waals surface area contributed by atoms with Crippen molar-refractivity contribution in [3.05, 3.63) is 72.3 Å². The lowest BCUT2D eigenvalue weighted by atomic mass is 10.1. The van der Waals surface area contributed by atoms with Crippen LogP contribution in [-0.4, -0.2) is 33.4 Å². The van der Waals surface area contributed by atoms with Gasteiger partial charge >= 0.3 is 0 Å². The van der Waals surface area contributed by atoms with Gasteiger partial charge in [-0.15, -0.1) is 16.8 Å². The molecule has 1 aromatic heterocycles. The minimum absolute atomic E-state index is 0.00622. The van der Waals surface area contributed by atoms with Crippen LogP contribution in [0.15, 0.2) is 60.3 Å². The van der Waals surface area contributed by atoms with Crippen LogP contribution in [0.2, 0.25) is 0 Å². The normalized spacial score (nSPS) is 10.7. The summed E-state index contributed by atoms with van der Waals surface area (Å²) in [4.78, 5) is 12.3.